The first-order valence-electron chi connectivity index (χ1n) is 10.9. The molecule has 0 aliphatic carbocycles. The summed E-state index contributed by atoms with van der Waals surface area (Å²) in [6, 6.07) is 9.28. The maximum atomic E-state index is 12.7. The third kappa shape index (κ3) is 9.27. The molecular formula is C24H37NO6. The Morgan fingerprint density at radius 2 is 1.61 bits per heavy atom. The van der Waals surface area contributed by atoms with Crippen molar-refractivity contribution in [1.82, 2.24) is 4.90 Å². The second-order valence-corrected chi connectivity index (χ2v) is 9.80. The zero-order valence-corrected chi connectivity index (χ0v) is 19.7. The first-order valence-corrected chi connectivity index (χ1v) is 10.9. The average molecular weight is 436 g/mol. The number of benzene rings is 1. The molecule has 2 rings (SSSR count). The number of nitrogens with zero attached hydrogens (tertiary/aromatic N) is 1. The van der Waals surface area contributed by atoms with E-state index < -0.39 is 29.3 Å². The van der Waals surface area contributed by atoms with Crippen LogP contribution in [0.1, 0.15) is 59.9 Å². The van der Waals surface area contributed by atoms with Crippen LogP contribution >= 0.6 is 0 Å². The summed E-state index contributed by atoms with van der Waals surface area (Å²) in [7, 11) is 0. The van der Waals surface area contributed by atoms with Crippen LogP contribution in [-0.2, 0) is 30.3 Å². The van der Waals surface area contributed by atoms with Gasteiger partial charge in [0, 0.05) is 19.6 Å². The summed E-state index contributed by atoms with van der Waals surface area (Å²) in [4.78, 5) is 26.8. The van der Waals surface area contributed by atoms with Crippen LogP contribution in [0.4, 0.5) is 4.79 Å². The number of ether oxygens (including phenoxy) is 4. The van der Waals surface area contributed by atoms with Crippen LogP contribution < -0.4 is 0 Å². The minimum absolute atomic E-state index is 0.251. The van der Waals surface area contributed by atoms with Crippen LogP contribution in [0.25, 0.3) is 0 Å². The van der Waals surface area contributed by atoms with Gasteiger partial charge in [-0.15, -0.1) is 0 Å². The molecule has 1 saturated heterocycles. The molecule has 1 heterocycles. The highest BCUT2D eigenvalue weighted by atomic mass is 16.6. The third-order valence-corrected chi connectivity index (χ3v) is 4.47. The summed E-state index contributed by atoms with van der Waals surface area (Å²) in [6.07, 6.45) is 0.339. The van der Waals surface area contributed by atoms with Gasteiger partial charge in [0.1, 0.15) is 17.2 Å². The highest BCUT2D eigenvalue weighted by Crippen LogP contribution is 2.26. The molecule has 7 heteroatoms. The summed E-state index contributed by atoms with van der Waals surface area (Å²) in [5.74, 6) is -0.435. The monoisotopic (exact) mass is 435 g/mol. The molecule has 0 N–H and O–H groups in total. The summed E-state index contributed by atoms with van der Waals surface area (Å²) in [5, 5.41) is 0. The van der Waals surface area contributed by atoms with Gasteiger partial charge in [-0.2, -0.15) is 0 Å². The van der Waals surface area contributed by atoms with Crippen LogP contribution in [0, 0.1) is 0 Å². The van der Waals surface area contributed by atoms with Crippen molar-refractivity contribution < 1.29 is 28.5 Å². The molecule has 2 atom stereocenters. The molecule has 174 valence electrons. The van der Waals surface area contributed by atoms with E-state index in [0.29, 0.717) is 32.8 Å². The number of carbonyl (C=O) groups is 2. The first kappa shape index (κ1) is 25.1. The van der Waals surface area contributed by atoms with Crippen LogP contribution in [0.2, 0.25) is 0 Å². The average Bonchev–Trinajstić information content (AvgIpc) is 3.07. The number of esters is 1. The van der Waals surface area contributed by atoms with E-state index in [-0.39, 0.29) is 6.10 Å². The van der Waals surface area contributed by atoms with Crippen LogP contribution in [0.15, 0.2) is 30.3 Å². The van der Waals surface area contributed by atoms with Crippen LogP contribution in [-0.4, -0.2) is 60.1 Å². The van der Waals surface area contributed by atoms with Gasteiger partial charge in [-0.3, -0.25) is 4.90 Å². The summed E-state index contributed by atoms with van der Waals surface area (Å²) >= 11 is 0. The molecule has 31 heavy (non-hydrogen) atoms. The lowest BCUT2D eigenvalue weighted by atomic mass is 10.1. The van der Waals surface area contributed by atoms with Gasteiger partial charge in [0.15, 0.2) is 0 Å². The Kier molecular flexibility index (Phi) is 8.89. The van der Waals surface area contributed by atoms with Gasteiger partial charge in [0.05, 0.1) is 19.3 Å². The van der Waals surface area contributed by atoms with Crippen molar-refractivity contribution in [3.05, 3.63) is 35.9 Å². The van der Waals surface area contributed by atoms with E-state index in [4.69, 9.17) is 18.9 Å². The number of rotatable bonds is 8. The Bertz CT molecular complexity index is 671. The molecular weight excluding hydrogens is 398 g/mol. The van der Waals surface area contributed by atoms with Gasteiger partial charge < -0.3 is 18.9 Å². The minimum Gasteiger partial charge on any atom is -0.458 e. The lowest BCUT2D eigenvalue weighted by Gasteiger charge is -2.29. The van der Waals surface area contributed by atoms with Crippen molar-refractivity contribution in [2.45, 2.75) is 84.3 Å². The number of carbonyl (C=O) groups excluding carboxylic acids is 2. The minimum atomic E-state index is -0.714. The van der Waals surface area contributed by atoms with Crippen molar-refractivity contribution in [3.8, 4) is 0 Å². The topological polar surface area (TPSA) is 74.3 Å². The fourth-order valence-corrected chi connectivity index (χ4v) is 3.21. The molecule has 0 radical (unpaired) electrons. The standard InChI is InChI=1S/C24H37NO6/c1-23(2,3)30-21(26)20-15-19(16-25(20)22(27)31-24(4,5)6)29-14-10-13-28-17-18-11-8-7-9-12-18/h7-9,11-12,19-20H,10,13-17H2,1-6H3/t19?,20-/m0/s1. The fourth-order valence-electron chi connectivity index (χ4n) is 3.21. The van der Waals surface area contributed by atoms with Crippen LogP contribution in [0.3, 0.4) is 0 Å². The van der Waals surface area contributed by atoms with E-state index in [1.165, 1.54) is 4.90 Å². The highest BCUT2D eigenvalue weighted by molar-refractivity contribution is 5.82. The predicted octanol–water partition coefficient (Wildman–Crippen LogP) is 4.33. The molecule has 0 bridgehead atoms. The Hall–Kier alpha value is -2.12. The lowest BCUT2D eigenvalue weighted by Crippen LogP contribution is -2.45. The Balaban J connectivity index is 1.83. The maximum absolute atomic E-state index is 12.7. The van der Waals surface area contributed by atoms with Crippen molar-refractivity contribution in [1.29, 1.82) is 0 Å². The van der Waals surface area contributed by atoms with E-state index in [1.807, 2.05) is 30.3 Å². The van der Waals surface area contributed by atoms with Crippen molar-refractivity contribution >= 4 is 12.1 Å². The van der Waals surface area contributed by atoms with E-state index in [0.717, 1.165) is 12.0 Å². The van der Waals surface area contributed by atoms with E-state index >= 15 is 0 Å². The highest BCUT2D eigenvalue weighted by Gasteiger charge is 2.43. The largest absolute Gasteiger partial charge is 0.458 e. The number of hydrogen-bond acceptors (Lipinski definition) is 6. The van der Waals surface area contributed by atoms with Crippen molar-refractivity contribution in [2.24, 2.45) is 0 Å². The second-order valence-electron chi connectivity index (χ2n) is 9.80. The molecule has 1 aromatic rings. The Labute approximate surface area is 186 Å². The summed E-state index contributed by atoms with van der Waals surface area (Å²) < 4.78 is 22.6. The second kappa shape index (κ2) is 11.0. The smallest absolute Gasteiger partial charge is 0.411 e. The van der Waals surface area contributed by atoms with Crippen molar-refractivity contribution in [2.75, 3.05) is 19.8 Å². The van der Waals surface area contributed by atoms with Crippen LogP contribution in [0.5, 0.6) is 0 Å². The first-order chi connectivity index (χ1) is 14.4. The molecule has 1 aliphatic rings. The van der Waals surface area contributed by atoms with Crippen molar-refractivity contribution in [3.63, 3.8) is 0 Å². The quantitative estimate of drug-likeness (QED) is 0.447. The number of amides is 1. The van der Waals surface area contributed by atoms with Gasteiger partial charge in [0.2, 0.25) is 0 Å². The molecule has 1 aliphatic heterocycles. The van der Waals surface area contributed by atoms with Gasteiger partial charge >= 0.3 is 12.1 Å². The van der Waals surface area contributed by atoms with Gasteiger partial charge in [-0.05, 0) is 53.5 Å². The molecule has 0 saturated carbocycles. The molecule has 1 aromatic carbocycles. The van der Waals surface area contributed by atoms with Gasteiger partial charge in [-0.25, -0.2) is 9.59 Å². The fraction of sp³-hybridized carbons (Fsp3) is 0.667. The Morgan fingerprint density at radius 1 is 0.968 bits per heavy atom. The molecule has 1 fully saturated rings. The third-order valence-electron chi connectivity index (χ3n) is 4.47. The Morgan fingerprint density at radius 3 is 2.23 bits per heavy atom. The molecule has 0 aromatic heterocycles. The summed E-state index contributed by atoms with van der Waals surface area (Å²) in [6.45, 7) is 12.7. The molecule has 1 amide bonds. The van der Waals surface area contributed by atoms with E-state index in [1.54, 1.807) is 41.5 Å². The molecule has 7 nitrogen and oxygen atoms in total. The molecule has 1 unspecified atom stereocenters. The zero-order chi connectivity index (χ0) is 23.1. The normalized spacial score (nSPS) is 19.4. The SMILES string of the molecule is CC(C)(C)OC(=O)[C@@H]1CC(OCCCOCc2ccccc2)CN1C(=O)OC(C)(C)C. The molecule has 0 spiro atoms. The number of hydrogen-bond donors (Lipinski definition) is 0. The van der Waals surface area contributed by atoms with Gasteiger partial charge in [0.25, 0.3) is 0 Å². The lowest BCUT2D eigenvalue weighted by molar-refractivity contribution is -0.160. The van der Waals surface area contributed by atoms with E-state index in [2.05, 4.69) is 0 Å². The zero-order valence-electron chi connectivity index (χ0n) is 19.7. The summed E-state index contributed by atoms with van der Waals surface area (Å²) in [5.41, 5.74) is -0.150. The van der Waals surface area contributed by atoms with E-state index in [9.17, 15) is 9.59 Å². The maximum Gasteiger partial charge on any atom is 0.411 e. The van der Waals surface area contributed by atoms with Gasteiger partial charge in [-0.1, -0.05) is 30.3 Å². The number of likely N-dealkylation sites (tertiary alicyclic amines) is 1. The predicted molar refractivity (Wildman–Crippen MR) is 118 cm³/mol.